The first-order valence-corrected chi connectivity index (χ1v) is 10.1. The van der Waals surface area contributed by atoms with Crippen LogP contribution < -0.4 is 9.64 Å². The molecule has 0 bridgehead atoms. The minimum Gasteiger partial charge on any atom is -0.619 e. The molecule has 1 aliphatic rings. The second-order valence-electron chi connectivity index (χ2n) is 7.59. The van der Waals surface area contributed by atoms with Crippen LogP contribution in [0.3, 0.4) is 0 Å². The number of hydrogen-bond acceptors (Lipinski definition) is 6. The molecule has 168 valence electrons. The molecule has 1 saturated heterocycles. The summed E-state index contributed by atoms with van der Waals surface area (Å²) in [5.41, 5.74) is 1.58. The molecule has 1 fully saturated rings. The fourth-order valence-corrected chi connectivity index (χ4v) is 3.87. The number of hydrogen-bond donors (Lipinski definition) is 0. The smallest absolute Gasteiger partial charge is 0.573 e. The summed E-state index contributed by atoms with van der Waals surface area (Å²) in [5, 5.41) is 16.0. The number of rotatable bonds is 5. The molecule has 7 nitrogen and oxygen atoms in total. The highest BCUT2D eigenvalue weighted by Gasteiger charge is 2.33. The van der Waals surface area contributed by atoms with Crippen molar-refractivity contribution in [3.63, 3.8) is 0 Å². The fraction of sp³-hybridized carbons (Fsp3) is 0.318. The minimum atomic E-state index is -4.86. The topological polar surface area (TPSA) is 77.5 Å². The lowest BCUT2D eigenvalue weighted by molar-refractivity contribution is -0.349. The van der Waals surface area contributed by atoms with Gasteiger partial charge in [0.05, 0.1) is 5.56 Å². The number of piperidine rings is 1. The predicted octanol–water partition coefficient (Wildman–Crippen LogP) is 5.52. The molecule has 2 heterocycles. The maximum atomic E-state index is 12.7. The molecule has 0 spiro atoms. The molecule has 1 atom stereocenters. The monoisotopic (exact) mass is 446 g/mol. The summed E-state index contributed by atoms with van der Waals surface area (Å²) in [6.45, 7) is 6.43. The van der Waals surface area contributed by atoms with Crippen molar-refractivity contribution < 1.29 is 27.2 Å². The Kier molecular flexibility index (Phi) is 5.77. The molecule has 3 aromatic rings. The molecule has 0 aliphatic carbocycles. The van der Waals surface area contributed by atoms with Gasteiger partial charge in [-0.15, -0.1) is 13.2 Å². The molecule has 0 N–H and O–H groups in total. The van der Waals surface area contributed by atoms with Crippen molar-refractivity contribution in [2.24, 2.45) is 0 Å². The summed E-state index contributed by atoms with van der Waals surface area (Å²) in [7, 11) is 0. The summed E-state index contributed by atoms with van der Waals surface area (Å²) in [4.78, 5) is 6.39. The quantitative estimate of drug-likeness (QED) is 0.222. The van der Waals surface area contributed by atoms with Crippen LogP contribution in [0.4, 0.5) is 24.5 Å². The van der Waals surface area contributed by atoms with Crippen molar-refractivity contribution in [1.82, 2.24) is 10.1 Å². The van der Waals surface area contributed by atoms with E-state index in [4.69, 9.17) is 4.52 Å². The molecule has 4 rings (SSSR count). The van der Waals surface area contributed by atoms with E-state index in [1.165, 1.54) is 18.2 Å². The summed E-state index contributed by atoms with van der Waals surface area (Å²) in [6, 6.07) is 10.9. The van der Waals surface area contributed by atoms with Crippen molar-refractivity contribution >= 4 is 18.1 Å². The van der Waals surface area contributed by atoms with Crippen LogP contribution in [0, 0.1) is 5.21 Å². The summed E-state index contributed by atoms with van der Waals surface area (Å²) >= 11 is 0. The Bertz CT molecular complexity index is 1130. The maximum Gasteiger partial charge on any atom is 0.573 e. The summed E-state index contributed by atoms with van der Waals surface area (Å²) in [6.07, 6.45) is -1.65. The lowest BCUT2D eigenvalue weighted by atomic mass is 10.0. The van der Waals surface area contributed by atoms with Gasteiger partial charge in [-0.3, -0.25) is 0 Å². The van der Waals surface area contributed by atoms with E-state index in [0.717, 1.165) is 31.5 Å². The summed E-state index contributed by atoms with van der Waals surface area (Å²) < 4.78 is 48.0. The van der Waals surface area contributed by atoms with Gasteiger partial charge in [-0.1, -0.05) is 17.3 Å². The fourth-order valence-electron chi connectivity index (χ4n) is 3.87. The Morgan fingerprint density at radius 2 is 2.00 bits per heavy atom. The van der Waals surface area contributed by atoms with Crippen molar-refractivity contribution in [2.75, 3.05) is 11.4 Å². The number of aromatic nitrogens is 2. The average Bonchev–Trinajstić information content (AvgIpc) is 3.23. The molecule has 1 aliphatic heterocycles. The first-order valence-electron chi connectivity index (χ1n) is 10.1. The largest absolute Gasteiger partial charge is 0.619 e. The van der Waals surface area contributed by atoms with E-state index in [9.17, 15) is 18.4 Å². The number of para-hydroxylation sites is 1. The number of benzene rings is 2. The maximum absolute atomic E-state index is 12.7. The molecular weight excluding hydrogens is 425 g/mol. The van der Waals surface area contributed by atoms with Crippen LogP contribution in [0.1, 0.15) is 26.2 Å². The standard InChI is InChI=1S/C22H21F3N4O3/c1-14-7-5-6-12-29(14)17-11-10-15(13-18(17)28(2)30)21-26-20(27-32-21)16-8-3-4-9-19(16)31-22(23,24)25/h3-4,8-11,13-14H,2,5-7,12H2,1H3. The molecule has 2 aromatic carbocycles. The zero-order valence-electron chi connectivity index (χ0n) is 17.3. The minimum absolute atomic E-state index is 0.0291. The Balaban J connectivity index is 1.68. The number of halogens is 3. The lowest BCUT2D eigenvalue weighted by Crippen LogP contribution is -2.37. The molecule has 0 amide bonds. The number of alkyl halides is 3. The van der Waals surface area contributed by atoms with Crippen LogP contribution in [0.15, 0.2) is 47.0 Å². The van der Waals surface area contributed by atoms with E-state index in [1.807, 2.05) is 0 Å². The van der Waals surface area contributed by atoms with Crippen LogP contribution in [0.2, 0.25) is 0 Å². The lowest BCUT2D eigenvalue weighted by Gasteiger charge is -2.35. The van der Waals surface area contributed by atoms with Gasteiger partial charge in [0, 0.05) is 24.2 Å². The molecule has 0 saturated carbocycles. The normalized spacial score (nSPS) is 16.8. The highest BCUT2D eigenvalue weighted by atomic mass is 19.4. The van der Waals surface area contributed by atoms with Crippen LogP contribution in [0.25, 0.3) is 22.8 Å². The molecular formula is C22H21F3N4O3. The number of nitrogens with zero attached hydrogens (tertiary/aromatic N) is 4. The van der Waals surface area contributed by atoms with Crippen LogP contribution in [-0.2, 0) is 0 Å². The Morgan fingerprint density at radius 3 is 2.72 bits per heavy atom. The third-order valence-electron chi connectivity index (χ3n) is 5.38. The first-order chi connectivity index (χ1) is 15.2. The SMILES string of the molecule is C=[N+]([O-])c1cc(-c2nc(-c3ccccc3OC(F)(F)F)no2)ccc1N1CCCCC1C. The van der Waals surface area contributed by atoms with E-state index in [1.54, 1.807) is 24.3 Å². The van der Waals surface area contributed by atoms with E-state index < -0.39 is 12.1 Å². The predicted molar refractivity (Wildman–Crippen MR) is 113 cm³/mol. The third kappa shape index (κ3) is 4.53. The molecule has 0 radical (unpaired) electrons. The second kappa shape index (κ2) is 8.52. The van der Waals surface area contributed by atoms with Gasteiger partial charge in [-0.05, 0) is 50.5 Å². The molecule has 1 aromatic heterocycles. The average molecular weight is 446 g/mol. The van der Waals surface area contributed by atoms with Gasteiger partial charge < -0.3 is 19.4 Å². The van der Waals surface area contributed by atoms with Crippen molar-refractivity contribution in [3.05, 3.63) is 47.7 Å². The van der Waals surface area contributed by atoms with E-state index in [-0.39, 0.29) is 23.3 Å². The van der Waals surface area contributed by atoms with Gasteiger partial charge in [0.2, 0.25) is 11.5 Å². The molecule has 10 heteroatoms. The second-order valence-corrected chi connectivity index (χ2v) is 7.59. The van der Waals surface area contributed by atoms with Crippen LogP contribution >= 0.6 is 0 Å². The first kappa shape index (κ1) is 21.7. The van der Waals surface area contributed by atoms with E-state index >= 15 is 0 Å². The third-order valence-corrected chi connectivity index (χ3v) is 5.38. The van der Waals surface area contributed by atoms with Gasteiger partial charge in [-0.25, -0.2) is 0 Å². The van der Waals surface area contributed by atoms with Crippen LogP contribution in [0.5, 0.6) is 5.75 Å². The van der Waals surface area contributed by atoms with Crippen molar-refractivity contribution in [2.45, 2.75) is 38.6 Å². The van der Waals surface area contributed by atoms with E-state index in [0.29, 0.717) is 16.0 Å². The zero-order chi connectivity index (χ0) is 22.9. The molecule has 1 unspecified atom stereocenters. The van der Waals surface area contributed by atoms with Gasteiger partial charge in [0.25, 0.3) is 5.89 Å². The van der Waals surface area contributed by atoms with Gasteiger partial charge in [0.15, 0.2) is 0 Å². The number of ether oxygens (including phenoxy) is 1. The van der Waals surface area contributed by atoms with E-state index in [2.05, 4.69) is 33.4 Å². The highest BCUT2D eigenvalue weighted by Crippen LogP contribution is 2.37. The summed E-state index contributed by atoms with van der Waals surface area (Å²) in [5.74, 6) is -0.446. The zero-order valence-corrected chi connectivity index (χ0v) is 17.3. The van der Waals surface area contributed by atoms with Gasteiger partial charge in [0.1, 0.15) is 18.2 Å². The van der Waals surface area contributed by atoms with Crippen molar-refractivity contribution in [3.8, 4) is 28.6 Å². The van der Waals surface area contributed by atoms with Gasteiger partial charge in [-0.2, -0.15) is 9.72 Å². The Hall–Kier alpha value is -3.56. The highest BCUT2D eigenvalue weighted by molar-refractivity contribution is 5.73. The van der Waals surface area contributed by atoms with Crippen molar-refractivity contribution in [1.29, 1.82) is 0 Å². The van der Waals surface area contributed by atoms with Crippen LogP contribution in [-0.4, -0.2) is 40.5 Å². The Morgan fingerprint density at radius 1 is 1.22 bits per heavy atom. The molecule has 32 heavy (non-hydrogen) atoms. The number of anilines is 1. The van der Waals surface area contributed by atoms with Gasteiger partial charge >= 0.3 is 6.36 Å². The Labute approximate surface area is 182 Å².